The zero-order chi connectivity index (χ0) is 17.1. The molecular formula is C18H28N4O2. The van der Waals surface area contributed by atoms with Gasteiger partial charge in [-0.2, -0.15) is 0 Å². The van der Waals surface area contributed by atoms with Gasteiger partial charge in [0.05, 0.1) is 6.33 Å². The lowest BCUT2D eigenvalue weighted by atomic mass is 9.93. The Balaban J connectivity index is 1.47. The van der Waals surface area contributed by atoms with Crippen molar-refractivity contribution >= 4 is 5.91 Å². The standard InChI is InChI=1S/C18H28N4O2/c1-14-9-19-13-22(18(14)24)12-15-5-7-21(8-6-15)11-16-3-4-17(23)20(2)10-16/h9,13,15-16H,3-8,10-12H2,1-2H3. The maximum absolute atomic E-state index is 12.1. The summed E-state index contributed by atoms with van der Waals surface area (Å²) in [7, 11) is 1.91. The smallest absolute Gasteiger partial charge is 0.256 e. The van der Waals surface area contributed by atoms with Crippen LogP contribution >= 0.6 is 0 Å². The van der Waals surface area contributed by atoms with E-state index in [-0.39, 0.29) is 11.5 Å². The first-order chi connectivity index (χ1) is 11.5. The second kappa shape index (κ2) is 7.47. The van der Waals surface area contributed by atoms with Crippen LogP contribution in [0.4, 0.5) is 0 Å². The Kier molecular flexibility index (Phi) is 5.33. The van der Waals surface area contributed by atoms with E-state index < -0.39 is 0 Å². The predicted octanol–water partition coefficient (Wildman–Crippen LogP) is 1.13. The molecule has 24 heavy (non-hydrogen) atoms. The first kappa shape index (κ1) is 17.1. The number of aryl methyl sites for hydroxylation is 1. The number of aromatic nitrogens is 2. The maximum atomic E-state index is 12.1. The van der Waals surface area contributed by atoms with Gasteiger partial charge in [0.1, 0.15) is 0 Å². The minimum Gasteiger partial charge on any atom is -0.345 e. The minimum atomic E-state index is 0.0855. The van der Waals surface area contributed by atoms with Crippen LogP contribution in [0, 0.1) is 18.8 Å². The summed E-state index contributed by atoms with van der Waals surface area (Å²) in [5, 5.41) is 0. The maximum Gasteiger partial charge on any atom is 0.256 e. The first-order valence-electron chi connectivity index (χ1n) is 9.00. The lowest BCUT2D eigenvalue weighted by Crippen LogP contribution is -2.44. The van der Waals surface area contributed by atoms with Gasteiger partial charge in [-0.3, -0.25) is 14.2 Å². The predicted molar refractivity (Wildman–Crippen MR) is 92.8 cm³/mol. The van der Waals surface area contributed by atoms with E-state index in [0.29, 0.717) is 23.8 Å². The summed E-state index contributed by atoms with van der Waals surface area (Å²) in [5.41, 5.74) is 0.799. The molecule has 2 aliphatic rings. The fourth-order valence-electron chi connectivity index (χ4n) is 3.93. The van der Waals surface area contributed by atoms with Crippen LogP contribution in [-0.2, 0) is 11.3 Å². The van der Waals surface area contributed by atoms with E-state index in [9.17, 15) is 9.59 Å². The molecule has 0 spiro atoms. The molecule has 0 N–H and O–H groups in total. The van der Waals surface area contributed by atoms with Crippen LogP contribution in [0.2, 0.25) is 0 Å². The Bertz CT molecular complexity index is 634. The Morgan fingerprint density at radius 3 is 2.58 bits per heavy atom. The molecule has 2 fully saturated rings. The number of carbonyl (C=O) groups is 1. The molecule has 2 aliphatic heterocycles. The summed E-state index contributed by atoms with van der Waals surface area (Å²) in [5.74, 6) is 1.44. The van der Waals surface area contributed by atoms with Gasteiger partial charge in [0.2, 0.25) is 5.91 Å². The van der Waals surface area contributed by atoms with Crippen LogP contribution in [0.25, 0.3) is 0 Å². The van der Waals surface area contributed by atoms with E-state index in [4.69, 9.17) is 0 Å². The third-order valence-corrected chi connectivity index (χ3v) is 5.48. The van der Waals surface area contributed by atoms with E-state index in [1.807, 2.05) is 18.9 Å². The van der Waals surface area contributed by atoms with Gasteiger partial charge in [-0.25, -0.2) is 4.98 Å². The van der Waals surface area contributed by atoms with Gasteiger partial charge in [0.25, 0.3) is 5.56 Å². The van der Waals surface area contributed by atoms with Crippen LogP contribution in [0.5, 0.6) is 0 Å². The number of piperidine rings is 2. The lowest BCUT2D eigenvalue weighted by molar-refractivity contribution is -0.133. The second-order valence-corrected chi connectivity index (χ2v) is 7.46. The number of nitrogens with zero attached hydrogens (tertiary/aromatic N) is 4. The molecule has 1 aromatic heterocycles. The molecular weight excluding hydrogens is 304 g/mol. The molecule has 6 heteroatoms. The average Bonchev–Trinajstić information content (AvgIpc) is 2.57. The monoisotopic (exact) mass is 332 g/mol. The van der Waals surface area contributed by atoms with Gasteiger partial charge in [-0.05, 0) is 51.1 Å². The van der Waals surface area contributed by atoms with Crippen LogP contribution in [0.1, 0.15) is 31.2 Å². The number of hydrogen-bond acceptors (Lipinski definition) is 4. The molecule has 0 radical (unpaired) electrons. The normalized spacial score (nSPS) is 23.7. The van der Waals surface area contributed by atoms with Crippen molar-refractivity contribution in [3.8, 4) is 0 Å². The highest BCUT2D eigenvalue weighted by Gasteiger charge is 2.27. The molecule has 0 bridgehead atoms. The van der Waals surface area contributed by atoms with E-state index in [0.717, 1.165) is 52.0 Å². The van der Waals surface area contributed by atoms with Crippen molar-refractivity contribution in [3.63, 3.8) is 0 Å². The Morgan fingerprint density at radius 2 is 1.88 bits per heavy atom. The van der Waals surface area contributed by atoms with Gasteiger partial charge in [-0.1, -0.05) is 0 Å². The van der Waals surface area contributed by atoms with Crippen LogP contribution in [-0.4, -0.2) is 58.5 Å². The Labute approximate surface area is 143 Å². The third-order valence-electron chi connectivity index (χ3n) is 5.48. The van der Waals surface area contributed by atoms with E-state index >= 15 is 0 Å². The van der Waals surface area contributed by atoms with Crippen molar-refractivity contribution in [1.29, 1.82) is 0 Å². The SMILES string of the molecule is Cc1cncn(CC2CCN(CC3CCC(=O)N(C)C3)CC2)c1=O. The van der Waals surface area contributed by atoms with Crippen molar-refractivity contribution in [1.82, 2.24) is 19.4 Å². The van der Waals surface area contributed by atoms with Gasteiger partial charge in [-0.15, -0.1) is 0 Å². The van der Waals surface area contributed by atoms with Crippen LogP contribution < -0.4 is 5.56 Å². The van der Waals surface area contributed by atoms with Crippen LogP contribution in [0.15, 0.2) is 17.3 Å². The fourth-order valence-corrected chi connectivity index (χ4v) is 3.93. The summed E-state index contributed by atoms with van der Waals surface area (Å²) in [6.07, 6.45) is 7.27. The molecule has 132 valence electrons. The van der Waals surface area contributed by atoms with Crippen molar-refractivity contribution in [2.75, 3.05) is 33.2 Å². The largest absolute Gasteiger partial charge is 0.345 e. The Hall–Kier alpha value is -1.69. The summed E-state index contributed by atoms with van der Waals surface area (Å²) in [6, 6.07) is 0. The molecule has 1 amide bonds. The number of carbonyl (C=O) groups excluding carboxylic acids is 1. The summed E-state index contributed by atoms with van der Waals surface area (Å²) in [4.78, 5) is 32.2. The number of hydrogen-bond donors (Lipinski definition) is 0. The van der Waals surface area contributed by atoms with Gasteiger partial charge in [0, 0.05) is 44.9 Å². The van der Waals surface area contributed by atoms with Crippen molar-refractivity contribution in [2.24, 2.45) is 11.8 Å². The quantitative estimate of drug-likeness (QED) is 0.829. The zero-order valence-electron chi connectivity index (χ0n) is 14.8. The fraction of sp³-hybridized carbons (Fsp3) is 0.722. The molecule has 0 aliphatic carbocycles. The van der Waals surface area contributed by atoms with Crippen LogP contribution in [0.3, 0.4) is 0 Å². The van der Waals surface area contributed by atoms with Gasteiger partial charge < -0.3 is 9.80 Å². The molecule has 0 aromatic carbocycles. The van der Waals surface area contributed by atoms with E-state index in [2.05, 4.69) is 9.88 Å². The summed E-state index contributed by atoms with van der Waals surface area (Å²) >= 11 is 0. The molecule has 1 aromatic rings. The molecule has 3 heterocycles. The summed E-state index contributed by atoms with van der Waals surface area (Å²) in [6.45, 7) is 6.77. The Morgan fingerprint density at radius 1 is 1.12 bits per heavy atom. The highest BCUT2D eigenvalue weighted by Crippen LogP contribution is 2.22. The molecule has 1 atom stereocenters. The second-order valence-electron chi connectivity index (χ2n) is 7.46. The van der Waals surface area contributed by atoms with Gasteiger partial charge >= 0.3 is 0 Å². The van der Waals surface area contributed by atoms with Gasteiger partial charge in [0.15, 0.2) is 0 Å². The van der Waals surface area contributed by atoms with Crippen molar-refractivity contribution < 1.29 is 4.79 Å². The molecule has 1 unspecified atom stereocenters. The highest BCUT2D eigenvalue weighted by molar-refractivity contribution is 5.76. The van der Waals surface area contributed by atoms with Crippen molar-refractivity contribution in [3.05, 3.63) is 28.4 Å². The molecule has 2 saturated heterocycles. The molecule has 6 nitrogen and oxygen atoms in total. The minimum absolute atomic E-state index is 0.0855. The van der Waals surface area contributed by atoms with E-state index in [1.54, 1.807) is 17.1 Å². The third kappa shape index (κ3) is 4.04. The highest BCUT2D eigenvalue weighted by atomic mass is 16.2. The number of rotatable bonds is 4. The average molecular weight is 332 g/mol. The molecule has 3 rings (SSSR count). The number of amides is 1. The first-order valence-corrected chi connectivity index (χ1v) is 9.00. The topological polar surface area (TPSA) is 58.4 Å². The lowest BCUT2D eigenvalue weighted by Gasteiger charge is -2.37. The zero-order valence-corrected chi connectivity index (χ0v) is 14.8. The number of likely N-dealkylation sites (tertiary alicyclic amines) is 2. The molecule has 0 saturated carbocycles. The van der Waals surface area contributed by atoms with Crippen molar-refractivity contribution in [2.45, 2.75) is 39.2 Å². The van der Waals surface area contributed by atoms with E-state index in [1.165, 1.54) is 0 Å². The summed E-state index contributed by atoms with van der Waals surface area (Å²) < 4.78 is 1.76.